The first-order valence-electron chi connectivity index (χ1n) is 9.99. The Kier molecular flexibility index (Phi) is 6.04. The SMILES string of the molecule is CSc1ccccc1-c1ccc(N2CCCC(c3cnccc3C(N)=O)C2=O)c(F)c1. The topological polar surface area (TPSA) is 76.3 Å². The van der Waals surface area contributed by atoms with Crippen molar-refractivity contribution in [1.29, 1.82) is 0 Å². The van der Waals surface area contributed by atoms with Gasteiger partial charge in [-0.3, -0.25) is 14.6 Å². The summed E-state index contributed by atoms with van der Waals surface area (Å²) in [7, 11) is 0. The number of pyridine rings is 1. The minimum Gasteiger partial charge on any atom is -0.366 e. The molecule has 1 unspecified atom stereocenters. The molecule has 1 atom stereocenters. The molecule has 1 fully saturated rings. The third-order valence-electron chi connectivity index (χ3n) is 5.59. The van der Waals surface area contributed by atoms with Crippen LogP contribution in [-0.2, 0) is 4.79 Å². The lowest BCUT2D eigenvalue weighted by molar-refractivity contribution is -0.121. The number of carbonyl (C=O) groups excluding carboxylic acids is 2. The van der Waals surface area contributed by atoms with E-state index >= 15 is 4.39 Å². The molecule has 0 spiro atoms. The second kappa shape index (κ2) is 8.89. The molecule has 2 heterocycles. The molecule has 31 heavy (non-hydrogen) atoms. The van der Waals surface area contributed by atoms with E-state index in [0.29, 0.717) is 24.9 Å². The first-order valence-corrected chi connectivity index (χ1v) is 11.2. The number of carbonyl (C=O) groups is 2. The molecule has 3 aromatic rings. The smallest absolute Gasteiger partial charge is 0.249 e. The number of nitrogens with two attached hydrogens (primary N) is 1. The van der Waals surface area contributed by atoms with Gasteiger partial charge in [0.05, 0.1) is 11.6 Å². The van der Waals surface area contributed by atoms with Crippen LogP contribution in [0.2, 0.25) is 0 Å². The van der Waals surface area contributed by atoms with Crippen LogP contribution < -0.4 is 10.6 Å². The van der Waals surface area contributed by atoms with Gasteiger partial charge in [-0.15, -0.1) is 11.8 Å². The highest BCUT2D eigenvalue weighted by Crippen LogP contribution is 2.36. The quantitative estimate of drug-likeness (QED) is 0.594. The highest BCUT2D eigenvalue weighted by atomic mass is 32.2. The summed E-state index contributed by atoms with van der Waals surface area (Å²) in [6.45, 7) is 0.416. The van der Waals surface area contributed by atoms with E-state index in [0.717, 1.165) is 16.0 Å². The molecule has 0 radical (unpaired) electrons. The van der Waals surface area contributed by atoms with E-state index in [9.17, 15) is 9.59 Å². The van der Waals surface area contributed by atoms with Gasteiger partial charge >= 0.3 is 0 Å². The number of hydrogen-bond acceptors (Lipinski definition) is 4. The summed E-state index contributed by atoms with van der Waals surface area (Å²) in [5.41, 5.74) is 8.20. The van der Waals surface area contributed by atoms with Crippen molar-refractivity contribution in [2.24, 2.45) is 5.73 Å². The number of aromatic nitrogens is 1. The predicted molar refractivity (Wildman–Crippen MR) is 121 cm³/mol. The van der Waals surface area contributed by atoms with E-state index < -0.39 is 17.6 Å². The Bertz CT molecular complexity index is 1150. The molecule has 158 valence electrons. The summed E-state index contributed by atoms with van der Waals surface area (Å²) in [5.74, 6) is -1.90. The zero-order valence-electron chi connectivity index (χ0n) is 17.0. The van der Waals surface area contributed by atoms with E-state index in [2.05, 4.69) is 4.98 Å². The maximum Gasteiger partial charge on any atom is 0.249 e. The second-order valence-corrected chi connectivity index (χ2v) is 8.23. The van der Waals surface area contributed by atoms with Crippen LogP contribution in [0.25, 0.3) is 11.1 Å². The van der Waals surface area contributed by atoms with Gasteiger partial charge in [0.15, 0.2) is 0 Å². The molecule has 4 rings (SSSR count). The van der Waals surface area contributed by atoms with Crippen LogP contribution in [0.4, 0.5) is 10.1 Å². The largest absolute Gasteiger partial charge is 0.366 e. The molecule has 7 heteroatoms. The molecular formula is C24H22FN3O2S. The molecule has 1 aromatic heterocycles. The van der Waals surface area contributed by atoms with Gasteiger partial charge in [0, 0.05) is 29.4 Å². The van der Waals surface area contributed by atoms with E-state index in [-0.39, 0.29) is 17.2 Å². The highest BCUT2D eigenvalue weighted by Gasteiger charge is 2.34. The predicted octanol–water partition coefficient (Wildman–Crippen LogP) is 4.62. The van der Waals surface area contributed by atoms with Crippen molar-refractivity contribution in [2.45, 2.75) is 23.7 Å². The molecule has 0 saturated carbocycles. The molecule has 0 aliphatic carbocycles. The number of nitrogens with zero attached hydrogens (tertiary/aromatic N) is 2. The van der Waals surface area contributed by atoms with Gasteiger partial charge in [-0.2, -0.15) is 0 Å². The third-order valence-corrected chi connectivity index (χ3v) is 6.38. The molecule has 2 aromatic carbocycles. The van der Waals surface area contributed by atoms with Crippen molar-refractivity contribution >= 4 is 29.3 Å². The Hall–Kier alpha value is -3.19. The van der Waals surface area contributed by atoms with E-state index in [1.165, 1.54) is 29.4 Å². The van der Waals surface area contributed by atoms with Gasteiger partial charge in [-0.1, -0.05) is 24.3 Å². The summed E-state index contributed by atoms with van der Waals surface area (Å²) in [6, 6.07) is 14.3. The number of halogens is 1. The number of anilines is 1. The first-order chi connectivity index (χ1) is 15.0. The van der Waals surface area contributed by atoms with Crippen LogP contribution in [0.5, 0.6) is 0 Å². The standard InChI is InChI=1S/C24H22FN3O2S/c1-31-22-7-3-2-5-16(22)15-8-9-21(20(25)13-15)28-12-4-6-18(24(28)30)19-14-27-11-10-17(19)23(26)29/h2-3,5,7-11,13-14,18H,4,6,12H2,1H3,(H2,26,29). The van der Waals surface area contributed by atoms with Crippen LogP contribution in [0.15, 0.2) is 65.8 Å². The van der Waals surface area contributed by atoms with Crippen LogP contribution >= 0.6 is 11.8 Å². The molecule has 1 aliphatic heterocycles. The minimum atomic E-state index is -0.606. The Labute approximate surface area is 184 Å². The zero-order chi connectivity index (χ0) is 22.0. The average Bonchev–Trinajstić information content (AvgIpc) is 2.79. The fourth-order valence-corrected chi connectivity index (χ4v) is 4.71. The van der Waals surface area contributed by atoms with Gasteiger partial charge in [-0.05, 0) is 60.1 Å². The van der Waals surface area contributed by atoms with Crippen molar-refractivity contribution in [2.75, 3.05) is 17.7 Å². The lowest BCUT2D eigenvalue weighted by atomic mass is 9.87. The van der Waals surface area contributed by atoms with Crippen LogP contribution in [0.3, 0.4) is 0 Å². The maximum atomic E-state index is 15.2. The fraction of sp³-hybridized carbons (Fsp3) is 0.208. The van der Waals surface area contributed by atoms with Crippen molar-refractivity contribution in [1.82, 2.24) is 4.98 Å². The van der Waals surface area contributed by atoms with Crippen LogP contribution in [0, 0.1) is 5.82 Å². The number of rotatable bonds is 5. The van der Waals surface area contributed by atoms with Gasteiger partial charge < -0.3 is 10.6 Å². The maximum absolute atomic E-state index is 15.2. The highest BCUT2D eigenvalue weighted by molar-refractivity contribution is 7.98. The lowest BCUT2D eigenvalue weighted by Crippen LogP contribution is -2.41. The Morgan fingerprint density at radius 1 is 1.23 bits per heavy atom. The van der Waals surface area contributed by atoms with Crippen molar-refractivity contribution < 1.29 is 14.0 Å². The molecule has 1 saturated heterocycles. The summed E-state index contributed by atoms with van der Waals surface area (Å²) in [4.78, 5) is 31.7. The van der Waals surface area contributed by atoms with Gasteiger partial charge in [0.1, 0.15) is 5.82 Å². The van der Waals surface area contributed by atoms with Crippen molar-refractivity contribution in [3.63, 3.8) is 0 Å². The summed E-state index contributed by atoms with van der Waals surface area (Å²) in [5, 5.41) is 0. The molecule has 1 aliphatic rings. The summed E-state index contributed by atoms with van der Waals surface area (Å²) < 4.78 is 15.2. The van der Waals surface area contributed by atoms with E-state index in [1.54, 1.807) is 17.8 Å². The molecule has 2 N–H and O–H groups in total. The van der Waals surface area contributed by atoms with Gasteiger partial charge in [0.25, 0.3) is 0 Å². The molecule has 2 amide bonds. The number of piperidine rings is 1. The van der Waals surface area contributed by atoms with E-state index in [1.807, 2.05) is 36.6 Å². The Morgan fingerprint density at radius 3 is 2.77 bits per heavy atom. The molecule has 0 bridgehead atoms. The first kappa shape index (κ1) is 21.1. The minimum absolute atomic E-state index is 0.240. The normalized spacial score (nSPS) is 16.4. The summed E-state index contributed by atoms with van der Waals surface area (Å²) in [6.07, 6.45) is 6.20. The average molecular weight is 436 g/mol. The number of primary amides is 1. The van der Waals surface area contributed by atoms with Crippen molar-refractivity contribution in [3.8, 4) is 11.1 Å². The zero-order valence-corrected chi connectivity index (χ0v) is 17.9. The van der Waals surface area contributed by atoms with Crippen molar-refractivity contribution in [3.05, 3.63) is 77.9 Å². The summed E-state index contributed by atoms with van der Waals surface area (Å²) >= 11 is 1.60. The molecular weight excluding hydrogens is 413 g/mol. The molecule has 5 nitrogen and oxygen atoms in total. The second-order valence-electron chi connectivity index (χ2n) is 7.38. The number of benzene rings is 2. The fourth-order valence-electron chi connectivity index (χ4n) is 4.09. The monoisotopic (exact) mass is 435 g/mol. The number of hydrogen-bond donors (Lipinski definition) is 1. The van der Waals surface area contributed by atoms with Gasteiger partial charge in [-0.25, -0.2) is 4.39 Å². The third kappa shape index (κ3) is 4.05. The Morgan fingerprint density at radius 2 is 2.03 bits per heavy atom. The van der Waals surface area contributed by atoms with E-state index in [4.69, 9.17) is 5.73 Å². The Balaban J connectivity index is 1.67. The number of thioether (sulfide) groups is 1. The van der Waals surface area contributed by atoms with Gasteiger partial charge in [0.2, 0.25) is 11.8 Å². The lowest BCUT2D eigenvalue weighted by Gasteiger charge is -2.33. The number of amides is 2. The van der Waals surface area contributed by atoms with Crippen LogP contribution in [-0.4, -0.2) is 29.6 Å². The van der Waals surface area contributed by atoms with Crippen LogP contribution in [0.1, 0.15) is 34.7 Å².